The summed E-state index contributed by atoms with van der Waals surface area (Å²) in [6.07, 6.45) is 0.764. The summed E-state index contributed by atoms with van der Waals surface area (Å²) in [5.74, 6) is -0.746. The zero-order valence-electron chi connectivity index (χ0n) is 22.8. The average molecular weight is 536 g/mol. The van der Waals surface area contributed by atoms with E-state index >= 15 is 0 Å². The molecule has 0 aliphatic rings. The minimum absolute atomic E-state index is 0.0898. The van der Waals surface area contributed by atoms with E-state index in [-0.39, 0.29) is 17.3 Å². The lowest BCUT2D eigenvalue weighted by Gasteiger charge is -2.32. The number of nitrogens with zero attached hydrogens (tertiary/aromatic N) is 2. The van der Waals surface area contributed by atoms with E-state index in [0.29, 0.717) is 12.2 Å². The van der Waals surface area contributed by atoms with Gasteiger partial charge in [-0.2, -0.15) is 0 Å². The van der Waals surface area contributed by atoms with Gasteiger partial charge in [-0.3, -0.25) is 13.9 Å². The minimum Gasteiger partial charge on any atom is -0.354 e. The van der Waals surface area contributed by atoms with Crippen molar-refractivity contribution in [2.45, 2.75) is 58.5 Å². The summed E-state index contributed by atoms with van der Waals surface area (Å²) in [6.45, 7) is 9.56. The van der Waals surface area contributed by atoms with E-state index in [4.69, 9.17) is 0 Å². The molecule has 0 bridgehead atoms. The van der Waals surface area contributed by atoms with E-state index in [9.17, 15) is 18.0 Å². The predicted molar refractivity (Wildman–Crippen MR) is 151 cm³/mol. The molecule has 3 aromatic carbocycles. The van der Waals surface area contributed by atoms with Crippen LogP contribution < -0.4 is 9.62 Å². The Morgan fingerprint density at radius 2 is 1.55 bits per heavy atom. The molecule has 0 aliphatic heterocycles. The zero-order chi connectivity index (χ0) is 27.9. The van der Waals surface area contributed by atoms with Gasteiger partial charge < -0.3 is 10.2 Å². The molecule has 38 heavy (non-hydrogen) atoms. The molecule has 0 heterocycles. The number of sulfonamides is 1. The number of rotatable bonds is 11. The third-order valence-electron chi connectivity index (χ3n) is 6.55. The van der Waals surface area contributed by atoms with E-state index < -0.39 is 28.5 Å². The van der Waals surface area contributed by atoms with E-state index in [2.05, 4.69) is 5.32 Å². The normalized spacial score (nSPS) is 12.0. The molecule has 1 atom stereocenters. The molecular formula is C30H37N3O4S. The first-order chi connectivity index (χ1) is 18.1. The Bertz CT molecular complexity index is 1370. The number of aryl methyl sites for hydroxylation is 3. The van der Waals surface area contributed by atoms with Gasteiger partial charge in [0, 0.05) is 13.1 Å². The van der Waals surface area contributed by atoms with Gasteiger partial charge in [-0.25, -0.2) is 8.42 Å². The molecule has 0 aromatic heterocycles. The molecule has 7 nitrogen and oxygen atoms in total. The van der Waals surface area contributed by atoms with Crippen molar-refractivity contribution >= 4 is 27.5 Å². The van der Waals surface area contributed by atoms with Gasteiger partial charge in [0.2, 0.25) is 11.8 Å². The van der Waals surface area contributed by atoms with Crippen molar-refractivity contribution in [3.8, 4) is 0 Å². The molecule has 0 spiro atoms. The van der Waals surface area contributed by atoms with E-state index in [1.54, 1.807) is 31.2 Å². The van der Waals surface area contributed by atoms with Crippen LogP contribution in [0.2, 0.25) is 0 Å². The van der Waals surface area contributed by atoms with Crippen molar-refractivity contribution < 1.29 is 18.0 Å². The lowest BCUT2D eigenvalue weighted by molar-refractivity contribution is -0.139. The predicted octanol–water partition coefficient (Wildman–Crippen LogP) is 4.75. The molecule has 0 saturated carbocycles. The van der Waals surface area contributed by atoms with Gasteiger partial charge in [-0.05, 0) is 69.0 Å². The Morgan fingerprint density at radius 1 is 0.895 bits per heavy atom. The van der Waals surface area contributed by atoms with Crippen molar-refractivity contribution in [3.63, 3.8) is 0 Å². The summed E-state index contributed by atoms with van der Waals surface area (Å²) in [5.41, 5.74) is 4.01. The van der Waals surface area contributed by atoms with Gasteiger partial charge >= 0.3 is 0 Å². The number of hydrogen-bond acceptors (Lipinski definition) is 4. The molecule has 0 fully saturated rings. The Labute approximate surface area is 226 Å². The Morgan fingerprint density at radius 3 is 2.18 bits per heavy atom. The fraction of sp³-hybridized carbons (Fsp3) is 0.333. The highest BCUT2D eigenvalue weighted by atomic mass is 32.2. The van der Waals surface area contributed by atoms with Gasteiger partial charge in [0.05, 0.1) is 10.6 Å². The Hall–Kier alpha value is -3.65. The van der Waals surface area contributed by atoms with Crippen LogP contribution in [0.15, 0.2) is 77.7 Å². The maximum atomic E-state index is 14.0. The number of amides is 2. The van der Waals surface area contributed by atoms with Crippen LogP contribution in [0, 0.1) is 20.8 Å². The Kier molecular flexibility index (Phi) is 9.69. The second kappa shape index (κ2) is 12.7. The molecule has 0 saturated heterocycles. The number of carbonyl (C=O) groups is 2. The maximum absolute atomic E-state index is 14.0. The molecule has 3 aromatic rings. The summed E-state index contributed by atoms with van der Waals surface area (Å²) in [5, 5.41) is 2.86. The van der Waals surface area contributed by atoms with Crippen LogP contribution >= 0.6 is 0 Å². The first-order valence-electron chi connectivity index (χ1n) is 12.8. The van der Waals surface area contributed by atoms with Gasteiger partial charge in [0.1, 0.15) is 12.6 Å². The molecule has 3 rings (SSSR count). The maximum Gasteiger partial charge on any atom is 0.264 e. The number of hydrogen-bond donors (Lipinski definition) is 1. The van der Waals surface area contributed by atoms with Gasteiger partial charge in [0.15, 0.2) is 0 Å². The van der Waals surface area contributed by atoms with Crippen molar-refractivity contribution in [3.05, 3.63) is 95.1 Å². The van der Waals surface area contributed by atoms with Crippen LogP contribution in [-0.4, -0.2) is 44.3 Å². The molecular weight excluding hydrogens is 498 g/mol. The Balaban J connectivity index is 2.05. The number of carbonyl (C=O) groups excluding carboxylic acids is 2. The van der Waals surface area contributed by atoms with Gasteiger partial charge in [-0.1, -0.05) is 67.1 Å². The standard InChI is InChI=1S/C30H37N3O4S/c1-6-18-31-30(35)25(5)32(20-26-13-11-10-12-23(26)3)29(34)21-33(28-17-16-22(2)19-24(28)4)38(36,37)27-14-8-7-9-15-27/h7-17,19,25H,6,18,20-21H2,1-5H3,(H,31,35)/t25-/m1/s1. The fourth-order valence-electron chi connectivity index (χ4n) is 4.27. The third kappa shape index (κ3) is 6.81. The van der Waals surface area contributed by atoms with Crippen molar-refractivity contribution in [1.29, 1.82) is 0 Å². The molecule has 8 heteroatoms. The van der Waals surface area contributed by atoms with Gasteiger partial charge in [-0.15, -0.1) is 0 Å². The molecule has 0 unspecified atom stereocenters. The molecule has 0 radical (unpaired) electrons. The number of anilines is 1. The summed E-state index contributed by atoms with van der Waals surface area (Å²) >= 11 is 0. The van der Waals surface area contributed by atoms with E-state index in [1.807, 2.05) is 64.1 Å². The summed E-state index contributed by atoms with van der Waals surface area (Å²) in [4.78, 5) is 28.5. The lowest BCUT2D eigenvalue weighted by atomic mass is 10.1. The van der Waals surface area contributed by atoms with Crippen LogP contribution in [0.5, 0.6) is 0 Å². The van der Waals surface area contributed by atoms with Crippen molar-refractivity contribution in [1.82, 2.24) is 10.2 Å². The van der Waals surface area contributed by atoms with Crippen molar-refractivity contribution in [2.75, 3.05) is 17.4 Å². The SMILES string of the molecule is CCCNC(=O)[C@@H](C)N(Cc1ccccc1C)C(=O)CN(c1ccc(C)cc1C)S(=O)(=O)c1ccccc1. The minimum atomic E-state index is -4.07. The number of nitrogens with one attached hydrogen (secondary N) is 1. The zero-order valence-corrected chi connectivity index (χ0v) is 23.6. The first-order valence-corrected chi connectivity index (χ1v) is 14.3. The van der Waals surface area contributed by atoms with E-state index in [0.717, 1.165) is 33.0 Å². The molecule has 202 valence electrons. The second-order valence-corrected chi connectivity index (χ2v) is 11.4. The summed E-state index contributed by atoms with van der Waals surface area (Å²) < 4.78 is 28.9. The molecule has 2 amide bonds. The van der Waals surface area contributed by atoms with Crippen LogP contribution in [0.1, 0.15) is 42.5 Å². The summed E-state index contributed by atoms with van der Waals surface area (Å²) in [6, 6.07) is 20.4. The van der Waals surface area contributed by atoms with Crippen LogP contribution in [0.25, 0.3) is 0 Å². The van der Waals surface area contributed by atoms with Crippen LogP contribution in [0.4, 0.5) is 5.69 Å². The fourth-order valence-corrected chi connectivity index (χ4v) is 5.77. The third-order valence-corrected chi connectivity index (χ3v) is 8.32. The first kappa shape index (κ1) is 28.9. The quantitative estimate of drug-likeness (QED) is 0.384. The highest BCUT2D eigenvalue weighted by Crippen LogP contribution is 2.28. The largest absolute Gasteiger partial charge is 0.354 e. The van der Waals surface area contributed by atoms with Gasteiger partial charge in [0.25, 0.3) is 10.0 Å². The van der Waals surface area contributed by atoms with Crippen molar-refractivity contribution in [2.24, 2.45) is 0 Å². The lowest BCUT2D eigenvalue weighted by Crippen LogP contribution is -2.51. The smallest absolute Gasteiger partial charge is 0.264 e. The monoisotopic (exact) mass is 535 g/mol. The van der Waals surface area contributed by atoms with Crippen LogP contribution in [-0.2, 0) is 26.2 Å². The van der Waals surface area contributed by atoms with Crippen LogP contribution in [0.3, 0.4) is 0 Å². The summed E-state index contributed by atoms with van der Waals surface area (Å²) in [7, 11) is -4.07. The highest BCUT2D eigenvalue weighted by molar-refractivity contribution is 7.92. The topological polar surface area (TPSA) is 86.8 Å². The second-order valence-electron chi connectivity index (χ2n) is 9.53. The molecule has 1 N–H and O–H groups in total. The average Bonchev–Trinajstić information content (AvgIpc) is 2.90. The number of benzene rings is 3. The highest BCUT2D eigenvalue weighted by Gasteiger charge is 2.33. The van der Waals surface area contributed by atoms with E-state index in [1.165, 1.54) is 17.0 Å². The molecule has 0 aliphatic carbocycles.